The van der Waals surface area contributed by atoms with Gasteiger partial charge < -0.3 is 15.2 Å². The molecule has 1 heterocycles. The number of aromatic carboxylic acids is 1. The molecule has 106 valence electrons. The van der Waals surface area contributed by atoms with Gasteiger partial charge in [0.2, 0.25) is 0 Å². The summed E-state index contributed by atoms with van der Waals surface area (Å²) in [5, 5.41) is 14.1. The molecule has 2 rings (SSSR count). The van der Waals surface area contributed by atoms with Crippen LogP contribution in [-0.2, 0) is 11.3 Å². The number of hydrogen-bond acceptors (Lipinski definition) is 4. The molecule has 0 aromatic carbocycles. The smallest absolute Gasteiger partial charge is 0.336 e. The molecular formula is C14H21NO3S. The molecule has 4 nitrogen and oxygen atoms in total. The first kappa shape index (κ1) is 14.5. The lowest BCUT2D eigenvalue weighted by Gasteiger charge is -2.51. The van der Waals surface area contributed by atoms with Crippen molar-refractivity contribution < 1.29 is 14.6 Å². The highest BCUT2D eigenvalue weighted by Crippen LogP contribution is 2.42. The van der Waals surface area contributed by atoms with Gasteiger partial charge in [0.25, 0.3) is 0 Å². The van der Waals surface area contributed by atoms with Gasteiger partial charge in [0.1, 0.15) is 0 Å². The molecule has 2 N–H and O–H groups in total. The van der Waals surface area contributed by atoms with E-state index in [1.54, 1.807) is 11.4 Å². The number of carboxylic acids is 1. The van der Waals surface area contributed by atoms with Crippen molar-refractivity contribution in [2.24, 2.45) is 5.41 Å². The van der Waals surface area contributed by atoms with Crippen molar-refractivity contribution >= 4 is 17.3 Å². The second-order valence-corrected chi connectivity index (χ2v) is 6.54. The summed E-state index contributed by atoms with van der Waals surface area (Å²) in [4.78, 5) is 11.9. The van der Waals surface area contributed by atoms with Gasteiger partial charge >= 0.3 is 5.97 Å². The van der Waals surface area contributed by atoms with Crippen molar-refractivity contribution in [3.05, 3.63) is 21.9 Å². The van der Waals surface area contributed by atoms with Crippen LogP contribution >= 0.6 is 11.3 Å². The van der Waals surface area contributed by atoms with Crippen LogP contribution in [0.4, 0.5) is 0 Å². The van der Waals surface area contributed by atoms with Crippen molar-refractivity contribution in [2.75, 3.05) is 6.61 Å². The van der Waals surface area contributed by atoms with Gasteiger partial charge in [0, 0.05) is 34.9 Å². The Balaban J connectivity index is 1.85. The molecule has 0 saturated heterocycles. The van der Waals surface area contributed by atoms with Crippen molar-refractivity contribution in [1.82, 2.24) is 5.32 Å². The van der Waals surface area contributed by atoms with Crippen LogP contribution in [-0.4, -0.2) is 29.8 Å². The highest BCUT2D eigenvalue weighted by Gasteiger charge is 2.48. The minimum absolute atomic E-state index is 0.142. The first-order valence-electron chi connectivity index (χ1n) is 6.60. The summed E-state index contributed by atoms with van der Waals surface area (Å²) in [6.45, 7) is 7.94. The molecule has 1 fully saturated rings. The average Bonchev–Trinajstić information content (AvgIpc) is 2.81. The summed E-state index contributed by atoms with van der Waals surface area (Å²) in [6, 6.07) is 2.17. The van der Waals surface area contributed by atoms with Crippen LogP contribution in [0.2, 0.25) is 0 Å². The van der Waals surface area contributed by atoms with E-state index in [1.807, 2.05) is 6.92 Å². The summed E-state index contributed by atoms with van der Waals surface area (Å²) < 4.78 is 5.70. The second-order valence-electron chi connectivity index (χ2n) is 5.54. The monoisotopic (exact) mass is 283 g/mol. The van der Waals surface area contributed by atoms with Crippen LogP contribution in [0.25, 0.3) is 0 Å². The van der Waals surface area contributed by atoms with Gasteiger partial charge in [-0.1, -0.05) is 13.8 Å². The lowest BCUT2D eigenvalue weighted by molar-refractivity contribution is -0.114. The zero-order valence-electron chi connectivity index (χ0n) is 11.6. The van der Waals surface area contributed by atoms with Crippen molar-refractivity contribution in [3.8, 4) is 0 Å². The van der Waals surface area contributed by atoms with E-state index in [4.69, 9.17) is 9.84 Å². The van der Waals surface area contributed by atoms with E-state index in [2.05, 4.69) is 19.2 Å². The van der Waals surface area contributed by atoms with Crippen LogP contribution in [0.3, 0.4) is 0 Å². The van der Waals surface area contributed by atoms with Crippen LogP contribution in [0.5, 0.6) is 0 Å². The van der Waals surface area contributed by atoms with Gasteiger partial charge in [-0.3, -0.25) is 0 Å². The van der Waals surface area contributed by atoms with Crippen LogP contribution in [0, 0.1) is 5.41 Å². The maximum Gasteiger partial charge on any atom is 0.336 e. The molecule has 0 aliphatic heterocycles. The molecule has 1 aromatic rings. The highest BCUT2D eigenvalue weighted by molar-refractivity contribution is 7.10. The molecule has 0 amide bonds. The molecule has 0 spiro atoms. The first-order chi connectivity index (χ1) is 8.95. The number of hydrogen-bond donors (Lipinski definition) is 2. The van der Waals surface area contributed by atoms with Gasteiger partial charge in [-0.15, -0.1) is 11.3 Å². The Hall–Kier alpha value is -0.910. The maximum absolute atomic E-state index is 10.8. The SMILES string of the molecule is CCOC1CC(NCc2cc(C(=O)O)cs2)C1(C)C. The lowest BCUT2D eigenvalue weighted by atomic mass is 9.64. The Kier molecular flexibility index (Phi) is 4.28. The third-order valence-corrected chi connectivity index (χ3v) is 4.91. The van der Waals surface area contributed by atoms with E-state index in [0.29, 0.717) is 17.7 Å². The summed E-state index contributed by atoms with van der Waals surface area (Å²) in [6.07, 6.45) is 1.35. The maximum atomic E-state index is 10.8. The molecule has 1 saturated carbocycles. The number of nitrogens with one attached hydrogen (secondary N) is 1. The predicted molar refractivity (Wildman–Crippen MR) is 75.7 cm³/mol. The normalized spacial score (nSPS) is 25.0. The summed E-state index contributed by atoms with van der Waals surface area (Å²) in [7, 11) is 0. The van der Waals surface area contributed by atoms with E-state index >= 15 is 0 Å². The van der Waals surface area contributed by atoms with Gasteiger partial charge in [0.05, 0.1) is 11.7 Å². The lowest BCUT2D eigenvalue weighted by Crippen LogP contribution is -2.60. The zero-order chi connectivity index (χ0) is 14.0. The van der Waals surface area contributed by atoms with Crippen LogP contribution < -0.4 is 5.32 Å². The average molecular weight is 283 g/mol. The Morgan fingerprint density at radius 2 is 2.37 bits per heavy atom. The fourth-order valence-corrected chi connectivity index (χ4v) is 3.33. The minimum atomic E-state index is -0.858. The van der Waals surface area contributed by atoms with Gasteiger partial charge in [0.15, 0.2) is 0 Å². The third-order valence-electron chi connectivity index (χ3n) is 3.97. The van der Waals surface area contributed by atoms with Crippen molar-refractivity contribution in [1.29, 1.82) is 0 Å². The molecule has 19 heavy (non-hydrogen) atoms. The molecule has 2 unspecified atom stereocenters. The van der Waals surface area contributed by atoms with E-state index in [-0.39, 0.29) is 5.41 Å². The molecule has 0 radical (unpaired) electrons. The minimum Gasteiger partial charge on any atom is -0.478 e. The first-order valence-corrected chi connectivity index (χ1v) is 7.48. The zero-order valence-corrected chi connectivity index (χ0v) is 12.4. The standard InChI is InChI=1S/C14H21NO3S/c1-4-18-12-6-11(14(12,2)3)15-7-10-5-9(8-19-10)13(16)17/h5,8,11-12,15H,4,6-7H2,1-3H3,(H,16,17). The highest BCUT2D eigenvalue weighted by atomic mass is 32.1. The molecule has 5 heteroatoms. The summed E-state index contributed by atoms with van der Waals surface area (Å²) in [5.41, 5.74) is 0.518. The molecule has 1 aliphatic carbocycles. The summed E-state index contributed by atoms with van der Waals surface area (Å²) >= 11 is 1.49. The van der Waals surface area contributed by atoms with Crippen molar-refractivity contribution in [3.63, 3.8) is 0 Å². The number of rotatable bonds is 6. The Morgan fingerprint density at radius 3 is 2.89 bits per heavy atom. The van der Waals surface area contributed by atoms with Gasteiger partial charge in [-0.05, 0) is 19.4 Å². The molecule has 1 aromatic heterocycles. The Labute approximate surface area is 117 Å². The second kappa shape index (κ2) is 5.61. The van der Waals surface area contributed by atoms with E-state index in [0.717, 1.165) is 24.4 Å². The fraction of sp³-hybridized carbons (Fsp3) is 0.643. The number of thiophene rings is 1. The van der Waals surface area contributed by atoms with Crippen molar-refractivity contribution in [2.45, 2.75) is 45.9 Å². The van der Waals surface area contributed by atoms with E-state index < -0.39 is 5.97 Å². The third kappa shape index (κ3) is 2.99. The number of carbonyl (C=O) groups is 1. The number of ether oxygens (including phenoxy) is 1. The van der Waals surface area contributed by atoms with Crippen LogP contribution in [0.15, 0.2) is 11.4 Å². The van der Waals surface area contributed by atoms with E-state index in [1.165, 1.54) is 11.3 Å². The van der Waals surface area contributed by atoms with Gasteiger partial charge in [-0.2, -0.15) is 0 Å². The quantitative estimate of drug-likeness (QED) is 0.843. The fourth-order valence-electron chi connectivity index (χ4n) is 2.53. The molecule has 2 atom stereocenters. The largest absolute Gasteiger partial charge is 0.478 e. The molecule has 1 aliphatic rings. The van der Waals surface area contributed by atoms with Gasteiger partial charge in [-0.25, -0.2) is 4.79 Å². The molecular weight excluding hydrogens is 262 g/mol. The number of carboxylic acid groups (broad SMARTS) is 1. The van der Waals surface area contributed by atoms with E-state index in [9.17, 15) is 4.79 Å². The topological polar surface area (TPSA) is 58.6 Å². The predicted octanol–water partition coefficient (Wildman–Crippen LogP) is 2.74. The Morgan fingerprint density at radius 1 is 1.63 bits per heavy atom. The summed E-state index contributed by atoms with van der Waals surface area (Å²) in [5.74, 6) is -0.858. The Bertz CT molecular complexity index is 455. The molecule has 0 bridgehead atoms. The van der Waals surface area contributed by atoms with Crippen LogP contribution in [0.1, 0.15) is 42.4 Å².